The molecule has 24 heavy (non-hydrogen) atoms. The first-order valence-corrected chi connectivity index (χ1v) is 7.79. The molecule has 0 radical (unpaired) electrons. The molecule has 0 aliphatic rings. The predicted octanol–water partition coefficient (Wildman–Crippen LogP) is 1.88. The maximum Gasteiger partial charge on any atom is 0.276 e. The van der Waals surface area contributed by atoms with Crippen molar-refractivity contribution in [1.29, 1.82) is 0 Å². The van der Waals surface area contributed by atoms with E-state index in [9.17, 15) is 4.79 Å². The summed E-state index contributed by atoms with van der Waals surface area (Å²) in [5.74, 6) is 0.747. The van der Waals surface area contributed by atoms with Gasteiger partial charge in [0.15, 0.2) is 5.69 Å². The zero-order valence-electron chi connectivity index (χ0n) is 13.6. The van der Waals surface area contributed by atoms with Gasteiger partial charge < -0.3 is 9.32 Å². The molecule has 0 atom stereocenters. The van der Waals surface area contributed by atoms with Gasteiger partial charge in [-0.25, -0.2) is 4.68 Å². The van der Waals surface area contributed by atoms with Crippen LogP contribution in [0.25, 0.3) is 5.69 Å². The van der Waals surface area contributed by atoms with Crippen molar-refractivity contribution in [1.82, 2.24) is 30.1 Å². The van der Waals surface area contributed by atoms with Crippen LogP contribution in [0, 0.1) is 0 Å². The first kappa shape index (κ1) is 15.9. The highest BCUT2D eigenvalue weighted by molar-refractivity contribution is 5.91. The minimum absolute atomic E-state index is 0.226. The van der Waals surface area contributed by atoms with E-state index in [1.54, 1.807) is 15.8 Å². The smallest absolute Gasteiger partial charge is 0.276 e. The lowest BCUT2D eigenvalue weighted by atomic mass is 10.3. The fourth-order valence-electron chi connectivity index (χ4n) is 2.22. The molecule has 124 valence electrons. The number of para-hydroxylation sites is 1. The summed E-state index contributed by atoms with van der Waals surface area (Å²) in [6.45, 7) is 4.57. The van der Waals surface area contributed by atoms with Crippen molar-refractivity contribution in [3.63, 3.8) is 0 Å². The van der Waals surface area contributed by atoms with Gasteiger partial charge in [0.05, 0.1) is 18.4 Å². The van der Waals surface area contributed by atoms with Crippen LogP contribution in [0.5, 0.6) is 0 Å². The van der Waals surface area contributed by atoms with E-state index in [2.05, 4.69) is 20.5 Å². The van der Waals surface area contributed by atoms with Gasteiger partial charge in [0.1, 0.15) is 0 Å². The minimum Gasteiger partial charge on any atom is -0.423 e. The molecule has 0 aliphatic heterocycles. The quantitative estimate of drug-likeness (QED) is 0.687. The summed E-state index contributed by atoms with van der Waals surface area (Å²) in [5.41, 5.74) is 1.12. The zero-order chi connectivity index (χ0) is 16.9. The molecule has 0 saturated carbocycles. The lowest BCUT2D eigenvalue weighted by Crippen LogP contribution is -2.30. The second-order valence-electron chi connectivity index (χ2n) is 5.15. The number of carbonyl (C=O) groups is 1. The topological polar surface area (TPSA) is 89.9 Å². The molecule has 8 heteroatoms. The largest absolute Gasteiger partial charge is 0.423 e. The number of rotatable bonds is 6. The van der Waals surface area contributed by atoms with Crippen LogP contribution in [0.2, 0.25) is 0 Å². The zero-order valence-corrected chi connectivity index (χ0v) is 13.6. The number of nitrogens with zero attached hydrogens (tertiary/aromatic N) is 6. The van der Waals surface area contributed by atoms with Crippen LogP contribution >= 0.6 is 0 Å². The molecule has 0 fully saturated rings. The molecule has 2 heterocycles. The third-order valence-corrected chi connectivity index (χ3v) is 3.54. The van der Waals surface area contributed by atoms with Gasteiger partial charge in [-0.1, -0.05) is 30.3 Å². The fraction of sp³-hybridized carbons (Fsp3) is 0.312. The second-order valence-corrected chi connectivity index (χ2v) is 5.15. The maximum absolute atomic E-state index is 12.6. The number of aromatic nitrogens is 5. The van der Waals surface area contributed by atoms with Crippen LogP contribution in [-0.2, 0) is 13.0 Å². The summed E-state index contributed by atoms with van der Waals surface area (Å²) >= 11 is 0. The van der Waals surface area contributed by atoms with Crippen molar-refractivity contribution in [3.05, 3.63) is 54.0 Å². The lowest BCUT2D eigenvalue weighted by molar-refractivity contribution is 0.0731. The number of aryl methyl sites for hydroxylation is 1. The third kappa shape index (κ3) is 3.32. The molecular weight excluding hydrogens is 308 g/mol. The fourth-order valence-corrected chi connectivity index (χ4v) is 2.22. The van der Waals surface area contributed by atoms with Crippen LogP contribution < -0.4 is 0 Å². The Labute approximate surface area is 139 Å². The van der Waals surface area contributed by atoms with E-state index >= 15 is 0 Å². The van der Waals surface area contributed by atoms with Gasteiger partial charge in [-0.15, -0.1) is 15.3 Å². The van der Waals surface area contributed by atoms with E-state index in [-0.39, 0.29) is 18.1 Å². The van der Waals surface area contributed by atoms with E-state index in [1.165, 1.54) is 0 Å². The Bertz CT molecular complexity index is 811. The van der Waals surface area contributed by atoms with Crippen molar-refractivity contribution in [2.45, 2.75) is 26.8 Å². The summed E-state index contributed by atoms with van der Waals surface area (Å²) in [5, 5.41) is 15.9. The number of amides is 1. The molecule has 0 spiro atoms. The molecule has 3 rings (SSSR count). The van der Waals surface area contributed by atoms with Gasteiger partial charge >= 0.3 is 0 Å². The number of hydrogen-bond acceptors (Lipinski definition) is 6. The molecule has 1 amide bonds. The van der Waals surface area contributed by atoms with E-state index in [0.29, 0.717) is 24.7 Å². The predicted molar refractivity (Wildman–Crippen MR) is 85.4 cm³/mol. The molecule has 0 unspecified atom stereocenters. The third-order valence-electron chi connectivity index (χ3n) is 3.54. The van der Waals surface area contributed by atoms with Gasteiger partial charge in [-0.2, -0.15) is 0 Å². The van der Waals surface area contributed by atoms with E-state index < -0.39 is 0 Å². The van der Waals surface area contributed by atoms with E-state index in [1.807, 2.05) is 44.2 Å². The first-order valence-electron chi connectivity index (χ1n) is 7.79. The Morgan fingerprint density at radius 3 is 2.54 bits per heavy atom. The summed E-state index contributed by atoms with van der Waals surface area (Å²) < 4.78 is 7.04. The monoisotopic (exact) mass is 326 g/mol. The van der Waals surface area contributed by atoms with Crippen LogP contribution in [0.1, 0.15) is 36.1 Å². The molecule has 0 bridgehead atoms. The van der Waals surface area contributed by atoms with Gasteiger partial charge in [-0.3, -0.25) is 4.79 Å². The molecule has 0 N–H and O–H groups in total. The highest BCUT2D eigenvalue weighted by atomic mass is 16.4. The first-order chi connectivity index (χ1) is 11.7. The van der Waals surface area contributed by atoms with Crippen LogP contribution in [-0.4, -0.2) is 42.5 Å². The highest BCUT2D eigenvalue weighted by Crippen LogP contribution is 2.10. The number of benzene rings is 1. The van der Waals surface area contributed by atoms with Gasteiger partial charge in [-0.05, 0) is 19.1 Å². The molecule has 2 aromatic heterocycles. The molecule has 0 aliphatic carbocycles. The van der Waals surface area contributed by atoms with Crippen molar-refractivity contribution < 1.29 is 9.21 Å². The highest BCUT2D eigenvalue weighted by Gasteiger charge is 2.20. The Hall–Kier alpha value is -3.03. The minimum atomic E-state index is -0.226. The Kier molecular flexibility index (Phi) is 4.64. The lowest BCUT2D eigenvalue weighted by Gasteiger charge is -2.16. The Morgan fingerprint density at radius 2 is 1.88 bits per heavy atom. The average Bonchev–Trinajstić information content (AvgIpc) is 3.29. The summed E-state index contributed by atoms with van der Waals surface area (Å²) in [6.07, 6.45) is 2.28. The Morgan fingerprint density at radius 1 is 1.12 bits per heavy atom. The van der Waals surface area contributed by atoms with E-state index in [0.717, 1.165) is 5.69 Å². The molecular formula is C16H18N6O2. The standard InChI is InChI=1S/C16H18N6O2/c1-3-14-18-19-15(24-14)11-21(4-2)16(23)13-10-22(20-17-13)12-8-6-5-7-9-12/h5-10H,3-4,11H2,1-2H3. The van der Waals surface area contributed by atoms with Gasteiger partial charge in [0.2, 0.25) is 11.8 Å². The number of carbonyl (C=O) groups excluding carboxylic acids is 1. The SMILES string of the molecule is CCc1nnc(CN(CC)C(=O)c2cn(-c3ccccc3)nn2)o1. The van der Waals surface area contributed by atoms with Gasteiger partial charge in [0.25, 0.3) is 5.91 Å². The average molecular weight is 326 g/mol. The number of hydrogen-bond donors (Lipinski definition) is 0. The van der Waals surface area contributed by atoms with Crippen LogP contribution in [0.4, 0.5) is 0 Å². The molecule has 1 aromatic carbocycles. The normalized spacial score (nSPS) is 10.8. The van der Waals surface area contributed by atoms with Crippen LogP contribution in [0.3, 0.4) is 0 Å². The molecule has 3 aromatic rings. The van der Waals surface area contributed by atoms with Crippen molar-refractivity contribution in [3.8, 4) is 5.69 Å². The van der Waals surface area contributed by atoms with Crippen molar-refractivity contribution >= 4 is 5.91 Å². The van der Waals surface area contributed by atoms with Crippen molar-refractivity contribution in [2.24, 2.45) is 0 Å². The van der Waals surface area contributed by atoms with Gasteiger partial charge in [0, 0.05) is 13.0 Å². The summed E-state index contributed by atoms with van der Waals surface area (Å²) in [6, 6.07) is 9.51. The summed E-state index contributed by atoms with van der Waals surface area (Å²) in [7, 11) is 0. The van der Waals surface area contributed by atoms with Crippen molar-refractivity contribution in [2.75, 3.05) is 6.54 Å². The summed E-state index contributed by atoms with van der Waals surface area (Å²) in [4.78, 5) is 14.2. The maximum atomic E-state index is 12.6. The van der Waals surface area contributed by atoms with Crippen LogP contribution in [0.15, 0.2) is 40.9 Å². The van der Waals surface area contributed by atoms with E-state index in [4.69, 9.17) is 4.42 Å². The molecule has 8 nitrogen and oxygen atoms in total. The molecule has 0 saturated heterocycles. The second kappa shape index (κ2) is 7.03. The Balaban J connectivity index is 1.75.